The van der Waals surface area contributed by atoms with E-state index in [9.17, 15) is 4.79 Å². The van der Waals surface area contributed by atoms with Crippen LogP contribution in [0.15, 0.2) is 24.3 Å². The first-order valence-electron chi connectivity index (χ1n) is 8.19. The lowest BCUT2D eigenvalue weighted by Gasteiger charge is -2.38. The Bertz CT molecular complexity index is 490. The van der Waals surface area contributed by atoms with Gasteiger partial charge in [-0.1, -0.05) is 38.1 Å². The van der Waals surface area contributed by atoms with Gasteiger partial charge in [0.1, 0.15) is 5.78 Å². The normalized spacial score (nSPS) is 30.2. The Morgan fingerprint density at radius 3 is 2.45 bits per heavy atom. The molecule has 2 saturated carbocycles. The predicted octanol–water partition coefficient (Wildman–Crippen LogP) is 4.68. The average Bonchev–Trinajstić information content (AvgIpc) is 3.27. The van der Waals surface area contributed by atoms with Crippen LogP contribution in [0.2, 0.25) is 0 Å². The molecule has 0 spiro atoms. The molecule has 0 heterocycles. The summed E-state index contributed by atoms with van der Waals surface area (Å²) in [6, 6.07) is 8.68. The molecule has 0 amide bonds. The Balaban J connectivity index is 1.83. The molecular weight excluding hydrogens is 244 g/mol. The third-order valence-electron chi connectivity index (χ3n) is 5.44. The van der Waals surface area contributed by atoms with E-state index in [1.807, 2.05) is 0 Å². The molecule has 2 aliphatic carbocycles. The lowest BCUT2D eigenvalue weighted by atomic mass is 9.67. The van der Waals surface area contributed by atoms with Crippen molar-refractivity contribution in [2.75, 3.05) is 0 Å². The lowest BCUT2D eigenvalue weighted by molar-refractivity contribution is -0.119. The van der Waals surface area contributed by atoms with E-state index in [1.54, 1.807) is 0 Å². The van der Waals surface area contributed by atoms with Crippen LogP contribution < -0.4 is 0 Å². The zero-order valence-electron chi connectivity index (χ0n) is 12.8. The second-order valence-corrected chi connectivity index (χ2v) is 7.32. The van der Waals surface area contributed by atoms with Crippen molar-refractivity contribution < 1.29 is 4.79 Å². The van der Waals surface area contributed by atoms with Crippen LogP contribution in [-0.2, 0) is 16.6 Å². The first kappa shape index (κ1) is 13.9. The number of hydrogen-bond acceptors (Lipinski definition) is 1. The van der Waals surface area contributed by atoms with Crippen LogP contribution in [0.3, 0.4) is 0 Å². The van der Waals surface area contributed by atoms with Gasteiger partial charge in [-0.05, 0) is 61.0 Å². The van der Waals surface area contributed by atoms with Crippen molar-refractivity contribution in [2.24, 2.45) is 11.8 Å². The van der Waals surface area contributed by atoms with E-state index in [4.69, 9.17) is 0 Å². The molecule has 0 aliphatic heterocycles. The highest BCUT2D eigenvalue weighted by molar-refractivity contribution is 5.85. The molecule has 0 saturated heterocycles. The maximum atomic E-state index is 12.2. The summed E-state index contributed by atoms with van der Waals surface area (Å²) in [5.41, 5.74) is 3.02. The van der Waals surface area contributed by atoms with Gasteiger partial charge in [-0.25, -0.2) is 0 Å². The van der Waals surface area contributed by atoms with Crippen LogP contribution in [0.5, 0.6) is 0 Å². The molecule has 2 aliphatic rings. The van der Waals surface area contributed by atoms with Crippen molar-refractivity contribution in [3.8, 4) is 0 Å². The summed E-state index contributed by atoms with van der Waals surface area (Å²) < 4.78 is 0. The zero-order valence-corrected chi connectivity index (χ0v) is 12.8. The van der Waals surface area contributed by atoms with Gasteiger partial charge in [-0.3, -0.25) is 4.79 Å². The number of carbonyl (C=O) groups is 1. The van der Waals surface area contributed by atoms with Crippen LogP contribution in [-0.4, -0.2) is 5.78 Å². The summed E-state index contributed by atoms with van der Waals surface area (Å²) in [5, 5.41) is 0. The highest BCUT2D eigenvalue weighted by Gasteiger charge is 2.34. The van der Waals surface area contributed by atoms with Crippen molar-refractivity contribution in [2.45, 2.75) is 64.2 Å². The molecule has 0 aromatic heterocycles. The SMILES string of the molecule is CC1CCC(C)(c2ccccc2CC(=O)C2CC2)CC1. The summed E-state index contributed by atoms with van der Waals surface area (Å²) in [7, 11) is 0. The van der Waals surface area contributed by atoms with E-state index in [2.05, 4.69) is 38.1 Å². The third kappa shape index (κ3) is 2.82. The summed E-state index contributed by atoms with van der Waals surface area (Å²) in [6.45, 7) is 4.77. The van der Waals surface area contributed by atoms with E-state index in [0.29, 0.717) is 18.1 Å². The van der Waals surface area contributed by atoms with E-state index < -0.39 is 0 Å². The van der Waals surface area contributed by atoms with Gasteiger partial charge in [0.05, 0.1) is 0 Å². The first-order valence-corrected chi connectivity index (χ1v) is 8.19. The summed E-state index contributed by atoms with van der Waals surface area (Å²) in [6.07, 6.45) is 8.08. The molecule has 1 aromatic carbocycles. The summed E-state index contributed by atoms with van der Waals surface area (Å²) >= 11 is 0. The minimum absolute atomic E-state index is 0.285. The fourth-order valence-electron chi connectivity index (χ4n) is 3.67. The van der Waals surface area contributed by atoms with E-state index >= 15 is 0 Å². The van der Waals surface area contributed by atoms with Gasteiger partial charge in [0, 0.05) is 12.3 Å². The number of carbonyl (C=O) groups excluding carboxylic acids is 1. The van der Waals surface area contributed by atoms with Crippen LogP contribution in [0, 0.1) is 11.8 Å². The Kier molecular flexibility index (Phi) is 3.70. The Morgan fingerprint density at radius 2 is 1.80 bits per heavy atom. The number of rotatable bonds is 4. The largest absolute Gasteiger partial charge is 0.299 e. The van der Waals surface area contributed by atoms with Crippen LogP contribution in [0.4, 0.5) is 0 Å². The van der Waals surface area contributed by atoms with Gasteiger partial charge in [-0.15, -0.1) is 0 Å². The second kappa shape index (κ2) is 5.35. The molecule has 1 nitrogen and oxygen atoms in total. The summed E-state index contributed by atoms with van der Waals surface area (Å²) in [5.74, 6) is 1.70. The molecule has 3 rings (SSSR count). The fourth-order valence-corrected chi connectivity index (χ4v) is 3.67. The molecule has 2 fully saturated rings. The minimum atomic E-state index is 0.285. The highest BCUT2D eigenvalue weighted by atomic mass is 16.1. The standard InChI is InChI=1S/C19H26O/c1-14-9-11-19(2,12-10-14)17-6-4-3-5-16(17)13-18(20)15-7-8-15/h3-6,14-15H,7-13H2,1-2H3. The molecule has 0 unspecified atom stereocenters. The number of hydrogen-bond donors (Lipinski definition) is 0. The first-order chi connectivity index (χ1) is 9.58. The molecule has 0 bridgehead atoms. The highest BCUT2D eigenvalue weighted by Crippen LogP contribution is 2.43. The molecule has 0 radical (unpaired) electrons. The van der Waals surface area contributed by atoms with Gasteiger partial charge in [0.2, 0.25) is 0 Å². The smallest absolute Gasteiger partial charge is 0.140 e. The quantitative estimate of drug-likeness (QED) is 0.776. The Hall–Kier alpha value is -1.11. The van der Waals surface area contributed by atoms with Crippen molar-refractivity contribution in [1.29, 1.82) is 0 Å². The maximum Gasteiger partial charge on any atom is 0.140 e. The van der Waals surface area contributed by atoms with Crippen LogP contribution >= 0.6 is 0 Å². The third-order valence-corrected chi connectivity index (χ3v) is 5.44. The van der Waals surface area contributed by atoms with Crippen molar-refractivity contribution in [3.63, 3.8) is 0 Å². The number of ketones is 1. The van der Waals surface area contributed by atoms with Gasteiger partial charge in [0.25, 0.3) is 0 Å². The topological polar surface area (TPSA) is 17.1 Å². The minimum Gasteiger partial charge on any atom is -0.299 e. The zero-order chi connectivity index (χ0) is 14.2. The second-order valence-electron chi connectivity index (χ2n) is 7.32. The predicted molar refractivity (Wildman–Crippen MR) is 82.9 cm³/mol. The van der Waals surface area contributed by atoms with E-state index in [-0.39, 0.29) is 5.41 Å². The van der Waals surface area contributed by atoms with Gasteiger partial charge in [-0.2, -0.15) is 0 Å². The summed E-state index contributed by atoms with van der Waals surface area (Å²) in [4.78, 5) is 12.2. The maximum absolute atomic E-state index is 12.2. The lowest BCUT2D eigenvalue weighted by Crippen LogP contribution is -2.29. The monoisotopic (exact) mass is 270 g/mol. The molecule has 1 aromatic rings. The Labute approximate surface area is 122 Å². The molecule has 0 atom stereocenters. The average molecular weight is 270 g/mol. The molecule has 0 N–H and O–H groups in total. The van der Waals surface area contributed by atoms with Gasteiger partial charge in [0.15, 0.2) is 0 Å². The van der Waals surface area contributed by atoms with Crippen LogP contribution in [0.25, 0.3) is 0 Å². The molecule has 1 heteroatoms. The molecular formula is C19H26O. The fraction of sp³-hybridized carbons (Fsp3) is 0.632. The van der Waals surface area contributed by atoms with Crippen molar-refractivity contribution in [1.82, 2.24) is 0 Å². The van der Waals surface area contributed by atoms with Crippen molar-refractivity contribution >= 4 is 5.78 Å². The Morgan fingerprint density at radius 1 is 1.15 bits per heavy atom. The van der Waals surface area contributed by atoms with Crippen LogP contribution in [0.1, 0.15) is 63.5 Å². The van der Waals surface area contributed by atoms with Gasteiger partial charge >= 0.3 is 0 Å². The number of Topliss-reactive ketones (excluding diaryl/α,β-unsaturated/α-hetero) is 1. The number of benzene rings is 1. The molecule has 20 heavy (non-hydrogen) atoms. The van der Waals surface area contributed by atoms with Gasteiger partial charge < -0.3 is 0 Å². The molecule has 108 valence electrons. The van der Waals surface area contributed by atoms with E-state index in [1.165, 1.54) is 36.8 Å². The van der Waals surface area contributed by atoms with Crippen molar-refractivity contribution in [3.05, 3.63) is 35.4 Å². The van der Waals surface area contributed by atoms with E-state index in [0.717, 1.165) is 18.8 Å².